The van der Waals surface area contributed by atoms with Gasteiger partial charge in [-0.2, -0.15) is 4.37 Å². The molecule has 0 spiro atoms. The van der Waals surface area contributed by atoms with Crippen LogP contribution < -0.4 is 5.32 Å². The highest BCUT2D eigenvalue weighted by Gasteiger charge is 2.17. The first kappa shape index (κ1) is 10.8. The highest BCUT2D eigenvalue weighted by Crippen LogP contribution is 2.17. The van der Waals surface area contributed by atoms with Crippen molar-refractivity contribution in [3.63, 3.8) is 0 Å². The van der Waals surface area contributed by atoms with Gasteiger partial charge in [0.25, 0.3) is 0 Å². The summed E-state index contributed by atoms with van der Waals surface area (Å²) in [6, 6.07) is 0.543. The molecule has 1 aliphatic rings. The second-order valence-corrected chi connectivity index (χ2v) is 4.87. The van der Waals surface area contributed by atoms with Gasteiger partial charge in [-0.3, -0.25) is 0 Å². The van der Waals surface area contributed by atoms with Crippen LogP contribution >= 0.6 is 11.5 Å². The number of hydrogen-bond donors (Lipinski definition) is 1. The van der Waals surface area contributed by atoms with Crippen LogP contribution in [-0.2, 0) is 6.42 Å². The zero-order chi connectivity index (χ0) is 10.7. The number of likely N-dealkylation sites (N-methyl/N-ethyl adjacent to an activating group) is 1. The fourth-order valence-electron chi connectivity index (χ4n) is 1.92. The number of aromatic nitrogens is 2. The van der Waals surface area contributed by atoms with Crippen molar-refractivity contribution < 1.29 is 0 Å². The van der Waals surface area contributed by atoms with Crippen molar-refractivity contribution >= 4 is 16.7 Å². The third-order valence-electron chi connectivity index (χ3n) is 2.74. The molecule has 2 rings (SSSR count). The van der Waals surface area contributed by atoms with Crippen molar-refractivity contribution in [3.05, 3.63) is 5.82 Å². The molecule has 1 aromatic rings. The van der Waals surface area contributed by atoms with Crippen LogP contribution in [0, 0.1) is 0 Å². The number of piperidine rings is 1. The Bertz CT molecular complexity index is 312. The quantitative estimate of drug-likeness (QED) is 0.850. The maximum Gasteiger partial charge on any atom is 0.202 e. The first-order chi connectivity index (χ1) is 7.28. The number of rotatable bonds is 3. The van der Waals surface area contributed by atoms with Crippen LogP contribution in [0.25, 0.3) is 0 Å². The predicted octanol–water partition coefficient (Wildman–Crippen LogP) is 1.61. The van der Waals surface area contributed by atoms with Crippen LogP contribution in [0.15, 0.2) is 0 Å². The van der Waals surface area contributed by atoms with Gasteiger partial charge in [-0.15, -0.1) is 0 Å². The number of hydrogen-bond acceptors (Lipinski definition) is 5. The molecule has 1 aromatic heterocycles. The SMILES string of the molecule is CCc1nsc(NC2CCCN(C)C2)n1. The molecule has 1 saturated heterocycles. The Labute approximate surface area is 94.9 Å². The molecular weight excluding hydrogens is 208 g/mol. The van der Waals surface area contributed by atoms with E-state index in [0.717, 1.165) is 23.9 Å². The topological polar surface area (TPSA) is 41.1 Å². The summed E-state index contributed by atoms with van der Waals surface area (Å²) in [5.74, 6) is 0.951. The number of nitrogens with one attached hydrogen (secondary N) is 1. The summed E-state index contributed by atoms with van der Waals surface area (Å²) >= 11 is 1.48. The van der Waals surface area contributed by atoms with Crippen molar-refractivity contribution in [3.8, 4) is 0 Å². The average Bonchev–Trinajstić information content (AvgIpc) is 2.65. The second kappa shape index (κ2) is 4.90. The molecule has 5 heteroatoms. The standard InChI is InChI=1S/C10H18N4S/c1-3-9-12-10(15-13-9)11-8-5-4-6-14(2)7-8/h8H,3-7H2,1-2H3,(H,11,12,13). The molecule has 0 aliphatic carbocycles. The monoisotopic (exact) mass is 226 g/mol. The van der Waals surface area contributed by atoms with E-state index >= 15 is 0 Å². The second-order valence-electron chi connectivity index (χ2n) is 4.12. The maximum absolute atomic E-state index is 4.43. The Morgan fingerprint density at radius 1 is 1.60 bits per heavy atom. The van der Waals surface area contributed by atoms with E-state index in [4.69, 9.17) is 0 Å². The Balaban J connectivity index is 1.90. The van der Waals surface area contributed by atoms with E-state index in [1.165, 1.54) is 30.9 Å². The zero-order valence-electron chi connectivity index (χ0n) is 9.36. The number of nitrogens with zero attached hydrogens (tertiary/aromatic N) is 3. The van der Waals surface area contributed by atoms with Crippen LogP contribution in [-0.4, -0.2) is 40.4 Å². The summed E-state index contributed by atoms with van der Waals surface area (Å²) in [7, 11) is 2.17. The van der Waals surface area contributed by atoms with E-state index in [-0.39, 0.29) is 0 Å². The van der Waals surface area contributed by atoms with Crippen LogP contribution in [0.2, 0.25) is 0 Å². The predicted molar refractivity (Wildman–Crippen MR) is 63.4 cm³/mol. The molecule has 1 unspecified atom stereocenters. The fourth-order valence-corrected chi connectivity index (χ4v) is 2.64. The van der Waals surface area contributed by atoms with Gasteiger partial charge >= 0.3 is 0 Å². The van der Waals surface area contributed by atoms with E-state index in [2.05, 4.69) is 33.5 Å². The van der Waals surface area contributed by atoms with Crippen molar-refractivity contribution in [2.45, 2.75) is 32.2 Å². The first-order valence-corrected chi connectivity index (χ1v) is 6.33. The third-order valence-corrected chi connectivity index (χ3v) is 3.42. The van der Waals surface area contributed by atoms with Crippen LogP contribution in [0.3, 0.4) is 0 Å². The van der Waals surface area contributed by atoms with E-state index in [0.29, 0.717) is 6.04 Å². The average molecular weight is 226 g/mol. The van der Waals surface area contributed by atoms with Crippen LogP contribution in [0.1, 0.15) is 25.6 Å². The summed E-state index contributed by atoms with van der Waals surface area (Å²) in [4.78, 5) is 6.79. The minimum Gasteiger partial charge on any atom is -0.356 e. The van der Waals surface area contributed by atoms with E-state index in [1.54, 1.807) is 0 Å². The van der Waals surface area contributed by atoms with Crippen LogP contribution in [0.4, 0.5) is 5.13 Å². The third kappa shape index (κ3) is 2.89. The van der Waals surface area contributed by atoms with Gasteiger partial charge in [0, 0.05) is 30.5 Å². The largest absolute Gasteiger partial charge is 0.356 e. The molecule has 84 valence electrons. The minimum absolute atomic E-state index is 0.543. The lowest BCUT2D eigenvalue weighted by atomic mass is 10.1. The molecule has 0 saturated carbocycles. The van der Waals surface area contributed by atoms with Crippen molar-refractivity contribution in [1.82, 2.24) is 14.3 Å². The Morgan fingerprint density at radius 3 is 3.13 bits per heavy atom. The van der Waals surface area contributed by atoms with Gasteiger partial charge in [0.1, 0.15) is 5.82 Å². The first-order valence-electron chi connectivity index (χ1n) is 5.55. The molecule has 1 fully saturated rings. The molecule has 0 aromatic carbocycles. The van der Waals surface area contributed by atoms with Gasteiger partial charge in [-0.1, -0.05) is 6.92 Å². The molecule has 1 aliphatic heterocycles. The molecule has 15 heavy (non-hydrogen) atoms. The molecule has 0 amide bonds. The molecule has 0 bridgehead atoms. The zero-order valence-corrected chi connectivity index (χ0v) is 10.2. The Kier molecular flexibility index (Phi) is 3.53. The minimum atomic E-state index is 0.543. The van der Waals surface area contributed by atoms with Gasteiger partial charge in [-0.25, -0.2) is 4.98 Å². The van der Waals surface area contributed by atoms with Gasteiger partial charge in [0.2, 0.25) is 5.13 Å². The lowest BCUT2D eigenvalue weighted by Crippen LogP contribution is -2.39. The highest BCUT2D eigenvalue weighted by molar-refractivity contribution is 7.09. The van der Waals surface area contributed by atoms with E-state index < -0.39 is 0 Å². The lowest BCUT2D eigenvalue weighted by molar-refractivity contribution is 0.261. The van der Waals surface area contributed by atoms with Crippen molar-refractivity contribution in [2.75, 3.05) is 25.5 Å². The number of aryl methyl sites for hydroxylation is 1. The summed E-state index contributed by atoms with van der Waals surface area (Å²) in [5.41, 5.74) is 0. The number of likely N-dealkylation sites (tertiary alicyclic amines) is 1. The van der Waals surface area contributed by atoms with E-state index in [9.17, 15) is 0 Å². The van der Waals surface area contributed by atoms with Gasteiger partial charge < -0.3 is 10.2 Å². The normalized spacial score (nSPS) is 22.9. The summed E-state index contributed by atoms with van der Waals surface area (Å²) in [6.45, 7) is 4.41. The molecule has 1 N–H and O–H groups in total. The van der Waals surface area contributed by atoms with Gasteiger partial charge in [0.05, 0.1) is 0 Å². The molecule has 0 radical (unpaired) electrons. The van der Waals surface area contributed by atoms with Crippen molar-refractivity contribution in [2.24, 2.45) is 0 Å². The van der Waals surface area contributed by atoms with Gasteiger partial charge in [0.15, 0.2) is 0 Å². The highest BCUT2D eigenvalue weighted by atomic mass is 32.1. The Morgan fingerprint density at radius 2 is 2.47 bits per heavy atom. The molecule has 1 atom stereocenters. The fraction of sp³-hybridized carbons (Fsp3) is 0.800. The summed E-state index contributed by atoms with van der Waals surface area (Å²) in [6.07, 6.45) is 3.43. The number of anilines is 1. The summed E-state index contributed by atoms with van der Waals surface area (Å²) < 4.78 is 4.27. The maximum atomic E-state index is 4.43. The molecular formula is C10H18N4S. The summed E-state index contributed by atoms with van der Waals surface area (Å²) in [5, 5.41) is 4.45. The van der Waals surface area contributed by atoms with Crippen molar-refractivity contribution in [1.29, 1.82) is 0 Å². The van der Waals surface area contributed by atoms with Crippen LogP contribution in [0.5, 0.6) is 0 Å². The molecule has 2 heterocycles. The van der Waals surface area contributed by atoms with Gasteiger partial charge in [-0.05, 0) is 26.4 Å². The van der Waals surface area contributed by atoms with E-state index in [1.807, 2.05) is 0 Å². The Hall–Kier alpha value is -0.680. The smallest absolute Gasteiger partial charge is 0.202 e. The lowest BCUT2D eigenvalue weighted by Gasteiger charge is -2.29. The molecule has 4 nitrogen and oxygen atoms in total.